The Kier molecular flexibility index (Phi) is 12.5. The minimum absolute atomic E-state index is 0. The van der Waals surface area contributed by atoms with Crippen LogP contribution in [0.25, 0.3) is 0 Å². The van der Waals surface area contributed by atoms with Gasteiger partial charge in [-0.25, -0.2) is 0 Å². The van der Waals surface area contributed by atoms with Gasteiger partial charge >= 0.3 is 37.2 Å². The van der Waals surface area contributed by atoms with E-state index in [1.165, 1.54) is 6.92 Å². The van der Waals surface area contributed by atoms with Crippen molar-refractivity contribution in [3.05, 3.63) is 0 Å². The van der Waals surface area contributed by atoms with Crippen LogP contribution < -0.4 is 0 Å². The third-order valence-corrected chi connectivity index (χ3v) is 1.24. The van der Waals surface area contributed by atoms with Crippen molar-refractivity contribution >= 4 is 37.2 Å². The molecule has 0 saturated carbocycles. The average molecular weight is 152 g/mol. The Balaban J connectivity index is -0.000000125. The molecule has 0 atom stereocenters. The second-order valence-electron chi connectivity index (χ2n) is 0.981. The van der Waals surface area contributed by atoms with Crippen molar-refractivity contribution in [2.45, 2.75) is 6.92 Å². The van der Waals surface area contributed by atoms with Crippen LogP contribution in [0.4, 0.5) is 0 Å². The van der Waals surface area contributed by atoms with Crippen LogP contribution in [0.1, 0.15) is 6.92 Å². The van der Waals surface area contributed by atoms with E-state index in [9.17, 15) is 4.57 Å². The third kappa shape index (κ3) is 15.7. The van der Waals surface area contributed by atoms with Gasteiger partial charge in [0.05, 0.1) is 0 Å². The van der Waals surface area contributed by atoms with Crippen LogP contribution >= 0.6 is 7.60 Å². The summed E-state index contributed by atoms with van der Waals surface area (Å²) in [6.07, 6.45) is -0.0625. The summed E-state index contributed by atoms with van der Waals surface area (Å²) in [4.78, 5) is 15.9. The van der Waals surface area contributed by atoms with Gasteiger partial charge < -0.3 is 15.3 Å². The van der Waals surface area contributed by atoms with Gasteiger partial charge in [-0.05, 0) is 0 Å². The van der Waals surface area contributed by atoms with E-state index in [4.69, 9.17) is 9.79 Å². The van der Waals surface area contributed by atoms with E-state index in [0.717, 1.165) is 0 Å². The van der Waals surface area contributed by atoms with Crippen LogP contribution in [0.5, 0.6) is 0 Å². The van der Waals surface area contributed by atoms with E-state index in [1.807, 2.05) is 0 Å². The minimum atomic E-state index is -3.65. The van der Waals surface area contributed by atoms with Gasteiger partial charge in [-0.15, -0.1) is 0 Å². The molecular formula is C2H10NaO4P. The molecule has 8 heavy (non-hydrogen) atoms. The van der Waals surface area contributed by atoms with Crippen LogP contribution in [0.15, 0.2) is 0 Å². The maximum atomic E-state index is 9.69. The van der Waals surface area contributed by atoms with Crippen molar-refractivity contribution in [3.63, 3.8) is 0 Å². The van der Waals surface area contributed by atoms with Crippen molar-refractivity contribution in [2.75, 3.05) is 6.16 Å². The zero-order chi connectivity index (χ0) is 5.21. The van der Waals surface area contributed by atoms with E-state index in [1.54, 1.807) is 0 Å². The third-order valence-electron chi connectivity index (χ3n) is 0.412. The summed E-state index contributed by atoms with van der Waals surface area (Å²) in [5.41, 5.74) is 0. The van der Waals surface area contributed by atoms with E-state index >= 15 is 0 Å². The van der Waals surface area contributed by atoms with E-state index in [2.05, 4.69) is 0 Å². The first-order valence-electron chi connectivity index (χ1n) is 1.61. The van der Waals surface area contributed by atoms with Gasteiger partial charge in [-0.2, -0.15) is 0 Å². The van der Waals surface area contributed by atoms with Gasteiger partial charge in [0.15, 0.2) is 0 Å². The monoisotopic (exact) mass is 152 g/mol. The van der Waals surface area contributed by atoms with E-state index in [-0.39, 0.29) is 41.2 Å². The first kappa shape index (κ1) is 16.1. The Hall–Kier alpha value is 1.11. The fourth-order valence-electron chi connectivity index (χ4n) is 0. The van der Waals surface area contributed by atoms with Crippen molar-refractivity contribution < 1.29 is 19.8 Å². The normalized spacial score (nSPS) is 8.88. The second-order valence-corrected chi connectivity index (χ2v) is 2.94. The average Bonchev–Trinajstić information content (AvgIpc) is 1.35. The molecule has 0 aromatic heterocycles. The van der Waals surface area contributed by atoms with Crippen LogP contribution in [0.3, 0.4) is 0 Å². The van der Waals surface area contributed by atoms with Gasteiger partial charge in [-0.1, -0.05) is 6.92 Å². The van der Waals surface area contributed by atoms with Crippen molar-refractivity contribution in [1.29, 1.82) is 0 Å². The summed E-state index contributed by atoms with van der Waals surface area (Å²) in [6.45, 7) is 1.45. The summed E-state index contributed by atoms with van der Waals surface area (Å²) in [5, 5.41) is 0. The van der Waals surface area contributed by atoms with Crippen molar-refractivity contribution in [2.24, 2.45) is 0 Å². The summed E-state index contributed by atoms with van der Waals surface area (Å²) in [7, 11) is -3.65. The molecular weight excluding hydrogens is 142 g/mol. The molecule has 6 heteroatoms. The topological polar surface area (TPSA) is 89.0 Å². The molecule has 4 N–H and O–H groups in total. The molecule has 0 aromatic carbocycles. The Labute approximate surface area is 70.0 Å². The number of rotatable bonds is 1. The summed E-state index contributed by atoms with van der Waals surface area (Å²) < 4.78 is 9.69. The Morgan fingerprint density at radius 2 is 1.62 bits per heavy atom. The Morgan fingerprint density at radius 3 is 1.62 bits per heavy atom. The van der Waals surface area contributed by atoms with Crippen LogP contribution in [-0.2, 0) is 4.57 Å². The van der Waals surface area contributed by atoms with Gasteiger partial charge in [0, 0.05) is 6.16 Å². The molecule has 0 fully saturated rings. The maximum absolute atomic E-state index is 9.69. The Morgan fingerprint density at radius 1 is 1.50 bits per heavy atom. The van der Waals surface area contributed by atoms with Gasteiger partial charge in [0.25, 0.3) is 0 Å². The standard InChI is InChI=1S/C2H7O3P.Na.H2O.H/c1-2-6(3,4)5;;;/h2H2,1H3,(H2,3,4,5);;1H2;. The van der Waals surface area contributed by atoms with Crippen molar-refractivity contribution in [3.8, 4) is 0 Å². The molecule has 0 saturated heterocycles. The van der Waals surface area contributed by atoms with Crippen LogP contribution in [0.2, 0.25) is 0 Å². The molecule has 0 unspecified atom stereocenters. The molecule has 0 aliphatic carbocycles. The summed E-state index contributed by atoms with van der Waals surface area (Å²) in [6, 6.07) is 0. The zero-order valence-electron chi connectivity index (χ0n) is 3.96. The van der Waals surface area contributed by atoms with Crippen LogP contribution in [-0.4, -0.2) is 51.0 Å². The molecule has 0 amide bonds. The van der Waals surface area contributed by atoms with Gasteiger partial charge in [0.2, 0.25) is 0 Å². The first-order valence-corrected chi connectivity index (χ1v) is 3.40. The van der Waals surface area contributed by atoms with Crippen LogP contribution in [0, 0.1) is 0 Å². The molecule has 0 rings (SSSR count). The molecule has 0 aliphatic heterocycles. The van der Waals surface area contributed by atoms with Gasteiger partial charge in [0.1, 0.15) is 0 Å². The first-order chi connectivity index (χ1) is 2.56. The quantitative estimate of drug-likeness (QED) is 0.362. The molecule has 0 bridgehead atoms. The molecule has 0 aliphatic rings. The van der Waals surface area contributed by atoms with E-state index < -0.39 is 7.60 Å². The number of hydrogen-bond donors (Lipinski definition) is 2. The second kappa shape index (κ2) is 6.23. The SMILES string of the molecule is CCP(=O)(O)O.O.[NaH]. The predicted molar refractivity (Wildman–Crippen MR) is 33.3 cm³/mol. The fourth-order valence-corrected chi connectivity index (χ4v) is 0. The van der Waals surface area contributed by atoms with E-state index in [0.29, 0.717) is 0 Å². The molecule has 0 spiro atoms. The Bertz CT molecular complexity index is 78.1. The number of hydrogen-bond acceptors (Lipinski definition) is 1. The predicted octanol–water partition coefficient (Wildman–Crippen LogP) is -1.29. The molecule has 0 radical (unpaired) electrons. The fraction of sp³-hybridized carbons (Fsp3) is 1.00. The zero-order valence-corrected chi connectivity index (χ0v) is 4.85. The molecule has 4 nitrogen and oxygen atoms in total. The molecule has 0 heterocycles. The molecule has 0 aromatic rings. The summed E-state index contributed by atoms with van der Waals surface area (Å²) >= 11 is 0. The van der Waals surface area contributed by atoms with Gasteiger partial charge in [-0.3, -0.25) is 4.57 Å². The summed E-state index contributed by atoms with van der Waals surface area (Å²) in [5.74, 6) is 0. The van der Waals surface area contributed by atoms with Crippen molar-refractivity contribution in [1.82, 2.24) is 0 Å². The molecule has 48 valence electrons.